The van der Waals surface area contributed by atoms with Crippen molar-refractivity contribution in [3.05, 3.63) is 41.8 Å². The summed E-state index contributed by atoms with van der Waals surface area (Å²) in [5, 5.41) is 27.2. The molecule has 2 N–H and O–H groups in total. The van der Waals surface area contributed by atoms with Crippen molar-refractivity contribution in [3.8, 4) is 0 Å². The van der Waals surface area contributed by atoms with Crippen molar-refractivity contribution < 1.29 is 29.3 Å². The quantitative estimate of drug-likeness (QED) is 0.144. The van der Waals surface area contributed by atoms with Crippen molar-refractivity contribution in [1.29, 1.82) is 0 Å². The first-order chi connectivity index (χ1) is 35.1. The lowest BCUT2D eigenvalue weighted by Crippen LogP contribution is -2.67. The Hall–Kier alpha value is -2.45. The van der Waals surface area contributed by atoms with E-state index < -0.39 is 10.8 Å². The second kappa shape index (κ2) is 18.0. The van der Waals surface area contributed by atoms with E-state index in [1.165, 1.54) is 37.7 Å². The molecule has 8 heteroatoms. The Bertz CT molecular complexity index is 2450. The van der Waals surface area contributed by atoms with Gasteiger partial charge in [-0.15, -0.1) is 0 Å². The van der Waals surface area contributed by atoms with Gasteiger partial charge in [0.25, 0.3) is 0 Å². The largest absolute Gasteiger partial charge is 0.465 e. The van der Waals surface area contributed by atoms with Crippen molar-refractivity contribution in [1.82, 2.24) is 9.78 Å². The van der Waals surface area contributed by atoms with Crippen molar-refractivity contribution in [3.63, 3.8) is 0 Å². The van der Waals surface area contributed by atoms with Crippen LogP contribution in [0.1, 0.15) is 224 Å². The first-order valence-corrected chi connectivity index (χ1v) is 31.2. The van der Waals surface area contributed by atoms with Crippen LogP contribution in [0, 0.1) is 113 Å². The highest BCUT2D eigenvalue weighted by molar-refractivity contribution is 5.79. The summed E-state index contributed by atoms with van der Waals surface area (Å²) in [6.45, 7) is 37.9. The third-order valence-corrected chi connectivity index (χ3v) is 28.6. The first-order valence-electron chi connectivity index (χ1n) is 31.2. The van der Waals surface area contributed by atoms with E-state index in [1.807, 2.05) is 17.1 Å². The van der Waals surface area contributed by atoms with Crippen LogP contribution in [0.2, 0.25) is 0 Å². The molecular weight excluding hydrogens is 929 g/mol. The molecule has 0 bridgehead atoms. The summed E-state index contributed by atoms with van der Waals surface area (Å²) in [5.74, 6) is 4.46. The Balaban J connectivity index is 0.732. The second-order valence-electron chi connectivity index (χ2n) is 31.6. The molecule has 0 amide bonds. The molecule has 10 aliphatic carbocycles. The van der Waals surface area contributed by atoms with Gasteiger partial charge in [-0.25, -0.2) is 0 Å². The Kier molecular flexibility index (Phi) is 13.1. The number of aliphatic hydroxyl groups is 2. The minimum Gasteiger partial charge on any atom is -0.465 e. The molecule has 75 heavy (non-hydrogen) atoms. The monoisotopic (exact) mass is 1030 g/mol. The number of fused-ring (bicyclic) bond motifs is 14. The third-order valence-electron chi connectivity index (χ3n) is 28.6. The van der Waals surface area contributed by atoms with E-state index in [0.29, 0.717) is 66.9 Å². The van der Waals surface area contributed by atoms with Crippen LogP contribution in [0.3, 0.4) is 0 Å². The summed E-state index contributed by atoms with van der Waals surface area (Å²) in [6, 6.07) is 0. The predicted molar refractivity (Wildman–Crippen MR) is 298 cm³/mol. The van der Waals surface area contributed by atoms with Crippen molar-refractivity contribution >= 4 is 11.9 Å². The smallest absolute Gasteiger partial charge is 0.312 e. The summed E-state index contributed by atoms with van der Waals surface area (Å²) in [5.41, 5.74) is 3.53. The van der Waals surface area contributed by atoms with Crippen LogP contribution in [0.5, 0.6) is 0 Å². The highest BCUT2D eigenvalue weighted by Gasteiger charge is 2.73. The number of nitrogens with zero attached hydrogens (tertiary/aromatic N) is 2. The summed E-state index contributed by atoms with van der Waals surface area (Å²) >= 11 is 0. The number of carbonyl (C=O) groups excluding carboxylic acids is 2. The van der Waals surface area contributed by atoms with Gasteiger partial charge >= 0.3 is 11.9 Å². The van der Waals surface area contributed by atoms with Gasteiger partial charge in [0.15, 0.2) is 0 Å². The number of hydrogen-bond acceptors (Lipinski definition) is 7. The fraction of sp³-hybridized carbons (Fsp3) is 0.866. The molecule has 0 radical (unpaired) electrons. The predicted octanol–water partition coefficient (Wildman–Crippen LogP) is 14.9. The molecule has 20 atom stereocenters. The maximum atomic E-state index is 14.9. The highest BCUT2D eigenvalue weighted by atomic mass is 16.5. The number of rotatable bonds is 9. The molecule has 0 aromatic carbocycles. The number of esters is 2. The molecule has 9 fully saturated rings. The van der Waals surface area contributed by atoms with Gasteiger partial charge in [0, 0.05) is 24.7 Å². The van der Waals surface area contributed by atoms with Crippen LogP contribution in [0.4, 0.5) is 0 Å². The van der Waals surface area contributed by atoms with Gasteiger partial charge in [0.1, 0.15) is 6.61 Å². The number of carbonyl (C=O) groups is 2. The standard InChI is InChI=1S/C67H104N2O6/c1-41(2)45-21-31-67(35-33-63(12)47(55(45)67)17-19-51-61(10)27-25-53(71)59(7,8)49(61)23-29-65(51,63)14)57(73)75-40-44-38-68-69(39-44)36-15-37-74-56(72)66-30-20-42(3)43(4)54(66)46-16-18-50-60(9)26-24-52(70)58(5,6)48(60)22-28-64(50,13)62(46,11)32-34-66/h16,38-39,42-43,45,47-55,70-71H,1,15,17-37,40H2,2-14H3/t42-,43+,45+,47-,48+,49+,50-,51-,52+,53+,54+,55-,60+,61+,62-,63-,64-,65-,66+,67+/m1/s1. The Morgan fingerprint density at radius 1 is 0.667 bits per heavy atom. The SMILES string of the molecule is C=C(C)[C@@H]1CC[C@]2(C(=O)OCc3cnn(CCCOC(=O)[C@]45CC[C@@H](C)[C@H](C)[C@H]4C4=CC[C@@H]6[C@@]7(C)CC[C@H](O)C(C)(C)[C@@H]7CC[C@@]6(C)[C@]4(C)CC5)c3)CC[C@]3(C)[C@H](CC[C@@H]4[C@@]5(C)CC[C@H](O)C(C)(C)[C@@H]5CC[C@]43C)[C@@H]12. The van der Waals surface area contributed by atoms with Gasteiger partial charge in [-0.2, -0.15) is 5.10 Å². The minimum absolute atomic E-state index is 0.00960. The van der Waals surface area contributed by atoms with Crippen LogP contribution >= 0.6 is 0 Å². The number of ether oxygens (including phenoxy) is 2. The molecule has 9 saturated carbocycles. The lowest BCUT2D eigenvalue weighted by Gasteiger charge is -2.72. The molecule has 1 aromatic heterocycles. The van der Waals surface area contributed by atoms with E-state index in [9.17, 15) is 19.8 Å². The lowest BCUT2D eigenvalue weighted by atomic mass is 9.32. The van der Waals surface area contributed by atoms with Gasteiger partial charge in [-0.3, -0.25) is 14.3 Å². The normalized spacial score (nSPS) is 50.1. The molecule has 1 heterocycles. The maximum absolute atomic E-state index is 14.9. The topological polar surface area (TPSA) is 111 Å². The fourth-order valence-corrected chi connectivity index (χ4v) is 23.7. The molecule has 418 valence electrons. The molecule has 0 aliphatic heterocycles. The third kappa shape index (κ3) is 7.38. The van der Waals surface area contributed by atoms with Gasteiger partial charge in [0.2, 0.25) is 0 Å². The summed E-state index contributed by atoms with van der Waals surface area (Å²) in [7, 11) is 0. The molecule has 10 aliphatic rings. The van der Waals surface area contributed by atoms with Gasteiger partial charge in [-0.1, -0.05) is 107 Å². The zero-order valence-electron chi connectivity index (χ0n) is 49.6. The summed E-state index contributed by atoms with van der Waals surface area (Å²) in [4.78, 5) is 29.7. The molecule has 0 spiro atoms. The first kappa shape index (κ1) is 54.5. The highest BCUT2D eigenvalue weighted by Crippen LogP contribution is 2.79. The fourth-order valence-electron chi connectivity index (χ4n) is 23.7. The summed E-state index contributed by atoms with van der Waals surface area (Å²) < 4.78 is 14.8. The zero-order valence-corrected chi connectivity index (χ0v) is 49.6. The van der Waals surface area contributed by atoms with Gasteiger partial charge in [-0.05, 0) is 231 Å². The Morgan fingerprint density at radius 2 is 1.28 bits per heavy atom. The van der Waals surface area contributed by atoms with E-state index >= 15 is 0 Å². The lowest BCUT2D eigenvalue weighted by molar-refractivity contribution is -0.248. The molecule has 0 saturated heterocycles. The maximum Gasteiger partial charge on any atom is 0.312 e. The van der Waals surface area contributed by atoms with E-state index in [-0.39, 0.29) is 85.9 Å². The molecule has 0 unspecified atom stereocenters. The van der Waals surface area contributed by atoms with Crippen LogP contribution in [0.15, 0.2) is 36.2 Å². The van der Waals surface area contributed by atoms with Crippen molar-refractivity contribution in [2.75, 3.05) is 6.61 Å². The number of allylic oxidation sites excluding steroid dienone is 3. The van der Waals surface area contributed by atoms with Crippen molar-refractivity contribution in [2.45, 2.75) is 244 Å². The average molecular weight is 1030 g/mol. The van der Waals surface area contributed by atoms with Crippen molar-refractivity contribution in [2.24, 2.45) is 113 Å². The van der Waals surface area contributed by atoms with Crippen LogP contribution < -0.4 is 0 Å². The number of aliphatic hydroxyl groups excluding tert-OH is 2. The van der Waals surface area contributed by atoms with E-state index in [0.717, 1.165) is 95.5 Å². The molecule has 1 aromatic rings. The molecule has 11 rings (SSSR count). The number of aromatic nitrogens is 2. The van der Waals surface area contributed by atoms with Gasteiger partial charge in [0.05, 0.1) is 35.8 Å². The average Bonchev–Trinajstić information content (AvgIpc) is 4.06. The number of hydrogen-bond donors (Lipinski definition) is 2. The van der Waals surface area contributed by atoms with Crippen LogP contribution in [-0.4, -0.2) is 50.7 Å². The number of aryl methyl sites for hydroxylation is 1. The molecule has 8 nitrogen and oxygen atoms in total. The Labute approximate surface area is 454 Å². The van der Waals surface area contributed by atoms with Crippen LogP contribution in [-0.2, 0) is 32.2 Å². The van der Waals surface area contributed by atoms with E-state index in [2.05, 4.69) is 103 Å². The zero-order chi connectivity index (χ0) is 53.9. The molecular formula is C67H104N2O6. The van der Waals surface area contributed by atoms with E-state index in [4.69, 9.17) is 14.6 Å². The second-order valence-corrected chi connectivity index (χ2v) is 31.6. The van der Waals surface area contributed by atoms with Gasteiger partial charge < -0.3 is 19.7 Å². The Morgan fingerprint density at radius 3 is 1.95 bits per heavy atom. The summed E-state index contributed by atoms with van der Waals surface area (Å²) in [6.07, 6.45) is 26.8. The van der Waals surface area contributed by atoms with E-state index in [1.54, 1.807) is 5.57 Å². The minimum atomic E-state index is -0.484. The van der Waals surface area contributed by atoms with Crippen LogP contribution in [0.25, 0.3) is 0 Å².